The molecular weight excluding hydrogens is 380 g/mol. The molecule has 1 aromatic heterocycles. The quantitative estimate of drug-likeness (QED) is 0.732. The molecular formula is C15H23ClN6O3S. The third-order valence-corrected chi connectivity index (χ3v) is 6.66. The number of amides is 1. The second-order valence-electron chi connectivity index (χ2n) is 7.22. The zero-order valence-electron chi connectivity index (χ0n) is 14.3. The average molecular weight is 403 g/mol. The molecule has 0 saturated carbocycles. The van der Waals surface area contributed by atoms with Crippen LogP contribution in [0.2, 0.25) is 0 Å². The summed E-state index contributed by atoms with van der Waals surface area (Å²) in [6.07, 6.45) is 5.44. The Morgan fingerprint density at radius 3 is 2.58 bits per heavy atom. The zero-order chi connectivity index (χ0) is 17.7. The van der Waals surface area contributed by atoms with E-state index in [1.165, 1.54) is 10.6 Å². The summed E-state index contributed by atoms with van der Waals surface area (Å²) in [7, 11) is -3.63. The largest absolute Gasteiger partial charge is 0.356 e. The fourth-order valence-electron chi connectivity index (χ4n) is 4.26. The average Bonchev–Trinajstić information content (AvgIpc) is 2.95. The number of aromatic nitrogens is 2. The minimum Gasteiger partial charge on any atom is -0.356 e. The van der Waals surface area contributed by atoms with Gasteiger partial charge in [-0.05, 0) is 31.1 Å². The van der Waals surface area contributed by atoms with Crippen LogP contribution < -0.4 is 15.4 Å². The molecule has 2 saturated heterocycles. The first-order chi connectivity index (χ1) is 11.9. The maximum atomic E-state index is 11.7. The predicted octanol–water partition coefficient (Wildman–Crippen LogP) is 0.279. The highest BCUT2D eigenvalue weighted by molar-refractivity contribution is 7.86. The van der Waals surface area contributed by atoms with Gasteiger partial charge in [-0.1, -0.05) is 0 Å². The highest BCUT2D eigenvalue weighted by Crippen LogP contribution is 2.42. The minimum atomic E-state index is -3.63. The second kappa shape index (κ2) is 6.91. The van der Waals surface area contributed by atoms with E-state index in [1.807, 2.05) is 0 Å². The van der Waals surface area contributed by atoms with E-state index in [9.17, 15) is 13.2 Å². The number of nitrogens with zero attached hydrogens (tertiary/aromatic N) is 4. The van der Waals surface area contributed by atoms with Gasteiger partial charge in [0.15, 0.2) is 0 Å². The van der Waals surface area contributed by atoms with Crippen molar-refractivity contribution >= 4 is 40.2 Å². The number of halogens is 1. The Kier molecular flexibility index (Phi) is 5.13. The molecule has 0 aromatic carbocycles. The summed E-state index contributed by atoms with van der Waals surface area (Å²) in [6, 6.07) is 0. The number of piperidine rings is 2. The lowest BCUT2D eigenvalue weighted by molar-refractivity contribution is -0.115. The van der Waals surface area contributed by atoms with Crippen LogP contribution in [0.15, 0.2) is 6.33 Å². The number of anilines is 2. The van der Waals surface area contributed by atoms with E-state index in [2.05, 4.69) is 20.2 Å². The van der Waals surface area contributed by atoms with Crippen LogP contribution in [0.1, 0.15) is 31.2 Å². The summed E-state index contributed by atoms with van der Waals surface area (Å²) in [5.41, 5.74) is 0.851. The van der Waals surface area contributed by atoms with Crippen LogP contribution in [-0.2, 0) is 21.4 Å². The molecule has 4 heterocycles. The van der Waals surface area contributed by atoms with Gasteiger partial charge in [-0.2, -0.15) is 12.7 Å². The number of rotatable bonds is 2. The molecule has 26 heavy (non-hydrogen) atoms. The normalized spacial score (nSPS) is 22.7. The van der Waals surface area contributed by atoms with Crippen molar-refractivity contribution in [1.82, 2.24) is 14.3 Å². The summed E-state index contributed by atoms with van der Waals surface area (Å²) in [5.74, 6) is 1.37. The molecule has 1 amide bonds. The molecule has 11 heteroatoms. The molecule has 144 valence electrons. The van der Waals surface area contributed by atoms with Crippen molar-refractivity contribution in [1.29, 1.82) is 0 Å². The number of nitrogens with two attached hydrogens (primary N) is 1. The van der Waals surface area contributed by atoms with Crippen LogP contribution in [0.3, 0.4) is 0 Å². The number of fused-ring (bicyclic) bond motifs is 1. The lowest BCUT2D eigenvalue weighted by Crippen LogP contribution is -2.52. The molecule has 4 rings (SSSR count). The van der Waals surface area contributed by atoms with Crippen molar-refractivity contribution in [2.24, 2.45) is 10.6 Å². The Hall–Kier alpha value is -1.49. The van der Waals surface area contributed by atoms with Crippen molar-refractivity contribution < 1.29 is 13.2 Å². The van der Waals surface area contributed by atoms with Crippen LogP contribution in [0, 0.1) is 5.41 Å². The van der Waals surface area contributed by atoms with E-state index in [1.54, 1.807) is 0 Å². The van der Waals surface area contributed by atoms with E-state index in [-0.39, 0.29) is 23.7 Å². The molecule has 0 bridgehead atoms. The van der Waals surface area contributed by atoms with Crippen LogP contribution in [-0.4, -0.2) is 54.8 Å². The standard InChI is InChI=1S/C15H22N6O3S.ClH/c16-25(23,24)21-5-1-2-15(9-21)3-6-20(7-4-15)14-11-8-12(22)19-13(11)17-10-18-14;/h10H,1-9H2,(H2,16,23,24)(H,17,18,19,22);1H. The summed E-state index contributed by atoms with van der Waals surface area (Å²) >= 11 is 0. The predicted molar refractivity (Wildman–Crippen MR) is 99.4 cm³/mol. The molecule has 0 atom stereocenters. The van der Waals surface area contributed by atoms with Gasteiger partial charge in [-0.15, -0.1) is 12.4 Å². The lowest BCUT2D eigenvalue weighted by atomic mass is 9.73. The van der Waals surface area contributed by atoms with Gasteiger partial charge in [-0.3, -0.25) is 4.79 Å². The van der Waals surface area contributed by atoms with Crippen LogP contribution in [0.25, 0.3) is 0 Å². The van der Waals surface area contributed by atoms with Gasteiger partial charge >= 0.3 is 0 Å². The molecule has 0 radical (unpaired) electrons. The minimum absolute atomic E-state index is 0. The summed E-state index contributed by atoms with van der Waals surface area (Å²) in [6.45, 7) is 2.59. The lowest BCUT2D eigenvalue weighted by Gasteiger charge is -2.47. The third kappa shape index (κ3) is 3.51. The maximum Gasteiger partial charge on any atom is 0.276 e. The van der Waals surface area contributed by atoms with Gasteiger partial charge in [0.2, 0.25) is 5.91 Å². The van der Waals surface area contributed by atoms with Gasteiger partial charge < -0.3 is 10.2 Å². The first-order valence-corrected chi connectivity index (χ1v) is 10.0. The van der Waals surface area contributed by atoms with Crippen molar-refractivity contribution in [3.05, 3.63) is 11.9 Å². The Balaban J connectivity index is 0.00000196. The van der Waals surface area contributed by atoms with Crippen molar-refractivity contribution in [2.45, 2.75) is 32.1 Å². The molecule has 0 aliphatic carbocycles. The van der Waals surface area contributed by atoms with Crippen LogP contribution >= 0.6 is 12.4 Å². The van der Waals surface area contributed by atoms with Gasteiger partial charge in [0.05, 0.1) is 6.42 Å². The molecule has 1 aromatic rings. The molecule has 3 aliphatic heterocycles. The van der Waals surface area contributed by atoms with Crippen LogP contribution in [0.5, 0.6) is 0 Å². The number of hydrogen-bond donors (Lipinski definition) is 2. The molecule has 9 nitrogen and oxygen atoms in total. The smallest absolute Gasteiger partial charge is 0.276 e. The summed E-state index contributed by atoms with van der Waals surface area (Å²) in [4.78, 5) is 22.3. The Bertz CT molecular complexity index is 810. The van der Waals surface area contributed by atoms with Crippen molar-refractivity contribution in [2.75, 3.05) is 36.4 Å². The van der Waals surface area contributed by atoms with Crippen molar-refractivity contribution in [3.8, 4) is 0 Å². The number of hydrogen-bond acceptors (Lipinski definition) is 6. The van der Waals surface area contributed by atoms with E-state index >= 15 is 0 Å². The summed E-state index contributed by atoms with van der Waals surface area (Å²) in [5, 5.41) is 8.08. The Morgan fingerprint density at radius 2 is 1.88 bits per heavy atom. The van der Waals surface area contributed by atoms with E-state index < -0.39 is 10.2 Å². The first-order valence-electron chi connectivity index (χ1n) is 8.53. The van der Waals surface area contributed by atoms with Gasteiger partial charge in [-0.25, -0.2) is 15.1 Å². The SMILES string of the molecule is Cl.NS(=O)(=O)N1CCCC2(CCN(c3ncnc4c3CC(=O)N4)CC2)C1. The monoisotopic (exact) mass is 402 g/mol. The van der Waals surface area contributed by atoms with Crippen molar-refractivity contribution in [3.63, 3.8) is 0 Å². The molecule has 0 unspecified atom stereocenters. The van der Waals surface area contributed by atoms with E-state index in [4.69, 9.17) is 5.14 Å². The fraction of sp³-hybridized carbons (Fsp3) is 0.667. The molecule has 1 spiro atoms. The number of carbonyl (C=O) groups excluding carboxylic acids is 1. The first kappa shape index (κ1) is 19.3. The molecule has 3 N–H and O–H groups in total. The highest BCUT2D eigenvalue weighted by Gasteiger charge is 2.41. The Labute approximate surface area is 158 Å². The zero-order valence-corrected chi connectivity index (χ0v) is 16.0. The fourth-order valence-corrected chi connectivity index (χ4v) is 5.10. The maximum absolute atomic E-state index is 11.7. The number of nitrogens with one attached hydrogen (secondary N) is 1. The summed E-state index contributed by atoms with van der Waals surface area (Å²) < 4.78 is 24.8. The molecule has 2 fully saturated rings. The molecule has 3 aliphatic rings. The van der Waals surface area contributed by atoms with Gasteiger partial charge in [0.1, 0.15) is 18.0 Å². The van der Waals surface area contributed by atoms with Crippen LogP contribution in [0.4, 0.5) is 11.6 Å². The number of carbonyl (C=O) groups is 1. The van der Waals surface area contributed by atoms with Gasteiger partial charge in [0, 0.05) is 31.7 Å². The Morgan fingerprint density at radius 1 is 1.15 bits per heavy atom. The topological polar surface area (TPSA) is 122 Å². The highest BCUT2D eigenvalue weighted by atomic mass is 35.5. The van der Waals surface area contributed by atoms with E-state index in [0.29, 0.717) is 25.3 Å². The van der Waals surface area contributed by atoms with E-state index in [0.717, 1.165) is 50.2 Å². The van der Waals surface area contributed by atoms with Gasteiger partial charge in [0.25, 0.3) is 10.2 Å². The third-order valence-electron chi connectivity index (χ3n) is 5.63. The second-order valence-corrected chi connectivity index (χ2v) is 8.76.